The van der Waals surface area contributed by atoms with Gasteiger partial charge in [0.25, 0.3) is 0 Å². The Morgan fingerprint density at radius 1 is 1.00 bits per heavy atom. The number of anilines is 1. The fourth-order valence-electron chi connectivity index (χ4n) is 1.71. The van der Waals surface area contributed by atoms with Gasteiger partial charge in [0.05, 0.1) is 17.7 Å². The van der Waals surface area contributed by atoms with Crippen molar-refractivity contribution in [2.24, 2.45) is 5.10 Å². The van der Waals surface area contributed by atoms with E-state index in [1.807, 2.05) is 54.6 Å². The third-order valence-electron chi connectivity index (χ3n) is 2.80. The van der Waals surface area contributed by atoms with E-state index in [4.69, 9.17) is 0 Å². The van der Waals surface area contributed by atoms with Crippen molar-refractivity contribution in [3.05, 3.63) is 64.6 Å². The van der Waals surface area contributed by atoms with Gasteiger partial charge in [-0.2, -0.15) is 5.10 Å². The summed E-state index contributed by atoms with van der Waals surface area (Å²) in [5.74, 6) is -0.0169. The maximum Gasteiger partial charge on any atom is 0.250 e. The van der Waals surface area contributed by atoms with Crippen molar-refractivity contribution in [3.63, 3.8) is 0 Å². The van der Waals surface area contributed by atoms with Crippen LogP contribution in [0.3, 0.4) is 0 Å². The predicted octanol–water partition coefficient (Wildman–Crippen LogP) is 3.27. The van der Waals surface area contributed by atoms with Crippen LogP contribution in [0.5, 0.6) is 0 Å². The van der Waals surface area contributed by atoms with Crippen LogP contribution < -0.4 is 10.7 Å². The van der Waals surface area contributed by atoms with Crippen molar-refractivity contribution in [2.75, 3.05) is 16.8 Å². The molecule has 2 N–H and O–H groups in total. The lowest BCUT2D eigenvalue weighted by molar-refractivity contribution is -0.118. The van der Waals surface area contributed by atoms with Crippen LogP contribution >= 0.6 is 27.7 Å². The molecule has 0 aliphatic rings. The Bertz CT molecular complexity index is 706. The molecule has 0 aliphatic carbocycles. The molecule has 0 fully saturated rings. The highest BCUT2D eigenvalue weighted by molar-refractivity contribution is 9.10. The summed E-state index contributed by atoms with van der Waals surface area (Å²) in [6.07, 6.45) is 1.57. The molecule has 0 bridgehead atoms. The van der Waals surface area contributed by atoms with Gasteiger partial charge in [-0.25, -0.2) is 5.43 Å². The second kappa shape index (κ2) is 9.89. The van der Waals surface area contributed by atoms with E-state index < -0.39 is 0 Å². The van der Waals surface area contributed by atoms with Crippen LogP contribution in [-0.4, -0.2) is 29.5 Å². The minimum absolute atomic E-state index is 0.141. The number of para-hydroxylation sites is 1. The highest BCUT2D eigenvalue weighted by atomic mass is 79.9. The number of carbonyl (C=O) groups excluding carboxylic acids is 2. The summed E-state index contributed by atoms with van der Waals surface area (Å²) < 4.78 is 0.980. The Kier molecular flexibility index (Phi) is 7.51. The van der Waals surface area contributed by atoms with Crippen LogP contribution in [0.4, 0.5) is 5.69 Å². The van der Waals surface area contributed by atoms with Gasteiger partial charge in [0.15, 0.2) is 0 Å². The van der Waals surface area contributed by atoms with E-state index in [0.29, 0.717) is 0 Å². The molecule has 0 atom stereocenters. The molecule has 0 aromatic heterocycles. The average Bonchev–Trinajstić information content (AvgIpc) is 2.57. The molecule has 7 heteroatoms. The lowest BCUT2D eigenvalue weighted by Crippen LogP contribution is -2.21. The molecule has 0 aliphatic heterocycles. The molecule has 0 saturated heterocycles. The molecule has 124 valence electrons. The molecule has 2 rings (SSSR count). The van der Waals surface area contributed by atoms with E-state index in [1.54, 1.807) is 6.21 Å². The molecule has 2 aromatic rings. The largest absolute Gasteiger partial charge is 0.325 e. The zero-order valence-corrected chi connectivity index (χ0v) is 15.1. The summed E-state index contributed by atoms with van der Waals surface area (Å²) in [6, 6.07) is 16.7. The van der Waals surface area contributed by atoms with Crippen LogP contribution in [0.1, 0.15) is 5.56 Å². The minimum Gasteiger partial charge on any atom is -0.325 e. The number of hydrogen-bond acceptors (Lipinski definition) is 4. The first-order chi connectivity index (χ1) is 11.6. The molecule has 5 nitrogen and oxygen atoms in total. The smallest absolute Gasteiger partial charge is 0.250 e. The van der Waals surface area contributed by atoms with Crippen LogP contribution in [0.25, 0.3) is 0 Å². The maximum atomic E-state index is 11.7. The number of nitrogens with one attached hydrogen (secondary N) is 2. The van der Waals surface area contributed by atoms with Gasteiger partial charge in [-0.3, -0.25) is 9.59 Å². The summed E-state index contributed by atoms with van der Waals surface area (Å²) in [4.78, 5) is 23.4. The van der Waals surface area contributed by atoms with E-state index in [-0.39, 0.29) is 23.3 Å². The first kappa shape index (κ1) is 18.2. The van der Waals surface area contributed by atoms with Gasteiger partial charge in [-0.15, -0.1) is 11.8 Å². The molecule has 0 heterocycles. The van der Waals surface area contributed by atoms with Crippen molar-refractivity contribution < 1.29 is 9.59 Å². The Balaban J connectivity index is 1.64. The molecule has 0 radical (unpaired) electrons. The summed E-state index contributed by atoms with van der Waals surface area (Å²) in [6.45, 7) is 0. The number of amides is 2. The lowest BCUT2D eigenvalue weighted by Gasteiger charge is -2.04. The Morgan fingerprint density at radius 3 is 2.38 bits per heavy atom. The molecule has 24 heavy (non-hydrogen) atoms. The van der Waals surface area contributed by atoms with E-state index in [0.717, 1.165) is 15.7 Å². The fourth-order valence-corrected chi connectivity index (χ4v) is 2.59. The predicted molar refractivity (Wildman–Crippen MR) is 102 cm³/mol. The van der Waals surface area contributed by atoms with Crippen LogP contribution in [0.15, 0.2) is 64.2 Å². The van der Waals surface area contributed by atoms with Gasteiger partial charge in [0, 0.05) is 10.2 Å². The van der Waals surface area contributed by atoms with Crippen molar-refractivity contribution in [3.8, 4) is 0 Å². The molecule has 0 saturated carbocycles. The summed E-state index contributed by atoms with van der Waals surface area (Å²) in [7, 11) is 0. The average molecular weight is 406 g/mol. The van der Waals surface area contributed by atoms with Gasteiger partial charge in [0.2, 0.25) is 11.8 Å². The molecule has 0 unspecified atom stereocenters. The molecule has 2 amide bonds. The quantitative estimate of drug-likeness (QED) is 0.548. The number of thioether (sulfide) groups is 1. The summed E-state index contributed by atoms with van der Waals surface area (Å²) in [5.41, 5.74) is 4.06. The van der Waals surface area contributed by atoms with Gasteiger partial charge in [0.1, 0.15) is 0 Å². The zero-order valence-electron chi connectivity index (χ0n) is 12.7. The fraction of sp³-hybridized carbons (Fsp3) is 0.118. The lowest BCUT2D eigenvalue weighted by atomic mass is 10.2. The standard InChI is InChI=1S/C17H16BrN3O2S/c18-14-8-6-13(7-9-14)10-19-21-17(23)12-24-11-16(22)20-15-4-2-1-3-5-15/h1-10H,11-12H2,(H,20,22)(H,21,23)/b19-10-. The molecular weight excluding hydrogens is 390 g/mol. The Labute approximate surface area is 153 Å². The van der Waals surface area contributed by atoms with Crippen LogP contribution in [0, 0.1) is 0 Å². The van der Waals surface area contributed by atoms with Crippen LogP contribution in [0.2, 0.25) is 0 Å². The number of nitrogens with zero attached hydrogens (tertiary/aromatic N) is 1. The zero-order chi connectivity index (χ0) is 17.2. The molecular formula is C17H16BrN3O2S. The first-order valence-corrected chi connectivity index (χ1v) is 9.08. The summed E-state index contributed by atoms with van der Waals surface area (Å²) in [5, 5.41) is 6.64. The number of carbonyl (C=O) groups is 2. The monoisotopic (exact) mass is 405 g/mol. The van der Waals surface area contributed by atoms with Crippen molar-refractivity contribution in [2.45, 2.75) is 0 Å². The van der Waals surface area contributed by atoms with Crippen molar-refractivity contribution in [1.29, 1.82) is 0 Å². The Morgan fingerprint density at radius 2 is 1.67 bits per heavy atom. The number of hydrazone groups is 1. The van der Waals surface area contributed by atoms with Gasteiger partial charge in [-0.05, 0) is 29.8 Å². The first-order valence-electron chi connectivity index (χ1n) is 7.13. The number of halogens is 1. The third-order valence-corrected chi connectivity index (χ3v) is 4.26. The van der Waals surface area contributed by atoms with Gasteiger partial charge in [-0.1, -0.05) is 46.3 Å². The second-order valence-corrected chi connectivity index (χ2v) is 6.65. The van der Waals surface area contributed by atoms with Gasteiger partial charge < -0.3 is 5.32 Å². The topological polar surface area (TPSA) is 70.6 Å². The van der Waals surface area contributed by atoms with E-state index in [9.17, 15) is 9.59 Å². The van der Waals surface area contributed by atoms with E-state index in [1.165, 1.54) is 11.8 Å². The van der Waals surface area contributed by atoms with Crippen molar-refractivity contribution in [1.82, 2.24) is 5.43 Å². The number of rotatable bonds is 7. The molecule has 0 spiro atoms. The van der Waals surface area contributed by atoms with Gasteiger partial charge >= 0.3 is 0 Å². The third kappa shape index (κ3) is 6.97. The maximum absolute atomic E-state index is 11.7. The van der Waals surface area contributed by atoms with Crippen LogP contribution in [-0.2, 0) is 9.59 Å². The SMILES string of the molecule is O=C(CSCC(=O)Nc1ccccc1)N/N=C\c1ccc(Br)cc1. The second-order valence-electron chi connectivity index (χ2n) is 4.75. The highest BCUT2D eigenvalue weighted by Gasteiger charge is 2.05. The minimum atomic E-state index is -0.249. The number of benzene rings is 2. The van der Waals surface area contributed by atoms with Crippen molar-refractivity contribution >= 4 is 51.4 Å². The van der Waals surface area contributed by atoms with E-state index in [2.05, 4.69) is 31.8 Å². The highest BCUT2D eigenvalue weighted by Crippen LogP contribution is 2.09. The van der Waals surface area contributed by atoms with E-state index >= 15 is 0 Å². The molecule has 2 aromatic carbocycles. The number of hydrogen-bond donors (Lipinski definition) is 2. The normalized spacial score (nSPS) is 10.5. The Hall–Kier alpha value is -2.12. The summed E-state index contributed by atoms with van der Waals surface area (Å²) >= 11 is 4.58.